The van der Waals surface area contributed by atoms with Gasteiger partial charge in [-0.15, -0.1) is 0 Å². The first kappa shape index (κ1) is 20.6. The molecule has 0 aromatic heterocycles. The van der Waals surface area contributed by atoms with Crippen molar-refractivity contribution in [3.05, 3.63) is 0 Å². The summed E-state index contributed by atoms with van der Waals surface area (Å²) in [5, 5.41) is 14.9. The van der Waals surface area contributed by atoms with Gasteiger partial charge in [-0.05, 0) is 44.7 Å². The van der Waals surface area contributed by atoms with E-state index in [2.05, 4.69) is 31.7 Å². The van der Waals surface area contributed by atoms with Crippen molar-refractivity contribution in [2.75, 3.05) is 13.1 Å². The van der Waals surface area contributed by atoms with Gasteiger partial charge in [0.05, 0.1) is 11.9 Å². The van der Waals surface area contributed by atoms with E-state index in [4.69, 9.17) is 24.4 Å². The van der Waals surface area contributed by atoms with E-state index in [1.807, 2.05) is 20.8 Å². The average molecular weight is 352 g/mol. The van der Waals surface area contributed by atoms with E-state index in [0.717, 1.165) is 25.2 Å². The van der Waals surface area contributed by atoms with E-state index >= 15 is 0 Å². The van der Waals surface area contributed by atoms with Gasteiger partial charge in [-0.2, -0.15) is 10.2 Å². The van der Waals surface area contributed by atoms with Crippen molar-refractivity contribution in [1.82, 2.24) is 21.5 Å². The van der Waals surface area contributed by atoms with E-state index in [0.29, 0.717) is 10.2 Å². The molecule has 0 fully saturated rings. The Morgan fingerprint density at radius 3 is 2.00 bits per heavy atom. The van der Waals surface area contributed by atoms with Crippen LogP contribution in [-0.4, -0.2) is 35.2 Å². The SMILES string of the molecule is CCNC(=S)NN=CC(CC)=NNC(=S)NCC.[Cu]. The predicted octanol–water partition coefficient (Wildman–Crippen LogP) is 0.704. The Labute approximate surface area is 135 Å². The Balaban J connectivity index is 0. The second kappa shape index (κ2) is 13.7. The molecule has 0 aliphatic heterocycles. The number of hydrazone groups is 2. The van der Waals surface area contributed by atoms with Crippen LogP contribution in [-0.2, 0) is 17.1 Å². The number of thiocarbonyl (C=S) groups is 2. The third-order valence-electron chi connectivity index (χ3n) is 1.72. The van der Waals surface area contributed by atoms with Crippen LogP contribution >= 0.6 is 24.4 Å². The molecule has 4 N–H and O–H groups in total. The van der Waals surface area contributed by atoms with Crippen molar-refractivity contribution in [2.45, 2.75) is 27.2 Å². The van der Waals surface area contributed by atoms with Crippen LogP contribution in [0, 0.1) is 0 Å². The fraction of sp³-hybridized carbons (Fsp3) is 0.600. The van der Waals surface area contributed by atoms with Crippen molar-refractivity contribution in [3.63, 3.8) is 0 Å². The van der Waals surface area contributed by atoms with Crippen molar-refractivity contribution < 1.29 is 17.1 Å². The molecule has 9 heteroatoms. The first-order chi connectivity index (χ1) is 8.63. The second-order valence-corrected chi connectivity index (χ2v) is 3.97. The van der Waals surface area contributed by atoms with Gasteiger partial charge in [-0.3, -0.25) is 10.9 Å². The summed E-state index contributed by atoms with van der Waals surface area (Å²) in [6, 6.07) is 0. The predicted molar refractivity (Wildman–Crippen MR) is 85.0 cm³/mol. The maximum atomic E-state index is 4.99. The largest absolute Gasteiger partial charge is 0.362 e. The van der Waals surface area contributed by atoms with E-state index in [-0.39, 0.29) is 17.1 Å². The standard InChI is InChI=1S/C10H20N6S2.Cu/c1-4-8(14-16-10(18)12-6-3)7-13-15-9(17)11-5-2;/h7H,4-6H2,1-3H3,(H2,11,15,17)(H2,12,16,18);. The minimum Gasteiger partial charge on any atom is -0.362 e. The quantitative estimate of drug-likeness (QED) is 0.244. The molecule has 1 radical (unpaired) electrons. The first-order valence-electron chi connectivity index (χ1n) is 5.81. The summed E-state index contributed by atoms with van der Waals surface area (Å²) in [4.78, 5) is 0. The molecule has 0 saturated carbocycles. The zero-order chi connectivity index (χ0) is 13.8. The number of nitrogens with one attached hydrogen (secondary N) is 4. The molecule has 0 saturated heterocycles. The molecular weight excluding hydrogens is 332 g/mol. The smallest absolute Gasteiger partial charge is 0.186 e. The summed E-state index contributed by atoms with van der Waals surface area (Å²) in [6.07, 6.45) is 2.34. The van der Waals surface area contributed by atoms with Crippen molar-refractivity contribution in [2.24, 2.45) is 10.2 Å². The number of hydrogen-bond donors (Lipinski definition) is 4. The average Bonchev–Trinajstić information content (AvgIpc) is 2.34. The topological polar surface area (TPSA) is 72.8 Å². The van der Waals surface area contributed by atoms with Crippen LogP contribution in [0.25, 0.3) is 0 Å². The molecule has 0 unspecified atom stereocenters. The first-order valence-corrected chi connectivity index (χ1v) is 6.62. The minimum absolute atomic E-state index is 0. The van der Waals surface area contributed by atoms with E-state index in [9.17, 15) is 0 Å². The van der Waals surface area contributed by atoms with Crippen molar-refractivity contribution >= 4 is 46.6 Å². The summed E-state index contributed by atoms with van der Waals surface area (Å²) in [7, 11) is 0. The summed E-state index contributed by atoms with van der Waals surface area (Å²) in [6.45, 7) is 7.42. The minimum atomic E-state index is 0. The van der Waals surface area contributed by atoms with Crippen molar-refractivity contribution in [3.8, 4) is 0 Å². The van der Waals surface area contributed by atoms with Gasteiger partial charge in [-0.1, -0.05) is 6.92 Å². The van der Waals surface area contributed by atoms with Crippen LogP contribution in [0.2, 0.25) is 0 Å². The molecule has 0 aliphatic carbocycles. The van der Waals surface area contributed by atoms with Gasteiger partial charge >= 0.3 is 0 Å². The molecule has 0 aromatic rings. The molecule has 6 nitrogen and oxygen atoms in total. The molecule has 0 spiro atoms. The maximum absolute atomic E-state index is 4.99. The Bertz CT molecular complexity index is 332. The van der Waals surface area contributed by atoms with Gasteiger partial charge in [0.2, 0.25) is 0 Å². The molecule has 19 heavy (non-hydrogen) atoms. The molecule has 0 amide bonds. The van der Waals surface area contributed by atoms with Crippen LogP contribution < -0.4 is 21.5 Å². The molecule has 0 rings (SSSR count). The number of rotatable bonds is 6. The molecule has 0 atom stereocenters. The maximum Gasteiger partial charge on any atom is 0.186 e. The number of hydrogen-bond acceptors (Lipinski definition) is 4. The van der Waals surface area contributed by atoms with Gasteiger partial charge in [0.1, 0.15) is 0 Å². The summed E-state index contributed by atoms with van der Waals surface area (Å²) in [5.74, 6) is 0. The van der Waals surface area contributed by atoms with Gasteiger partial charge in [0.25, 0.3) is 0 Å². The third kappa shape index (κ3) is 12.0. The molecular formula is C10H20CuN6S2. The normalized spacial score (nSPS) is 10.6. The van der Waals surface area contributed by atoms with Crippen LogP contribution in [0.15, 0.2) is 10.2 Å². The van der Waals surface area contributed by atoms with Gasteiger partial charge in [-0.25, -0.2) is 0 Å². The Kier molecular flexibility index (Phi) is 14.8. The van der Waals surface area contributed by atoms with E-state index in [1.165, 1.54) is 0 Å². The Hall–Kier alpha value is -0.761. The number of nitrogens with zero attached hydrogens (tertiary/aromatic N) is 2. The molecule has 0 heterocycles. The second-order valence-electron chi connectivity index (χ2n) is 3.16. The Morgan fingerprint density at radius 1 is 1.00 bits per heavy atom. The fourth-order valence-electron chi connectivity index (χ4n) is 0.887. The molecule has 113 valence electrons. The van der Waals surface area contributed by atoms with Crippen molar-refractivity contribution in [1.29, 1.82) is 0 Å². The fourth-order valence-corrected chi connectivity index (χ4v) is 1.27. The zero-order valence-electron chi connectivity index (χ0n) is 11.2. The van der Waals surface area contributed by atoms with Gasteiger partial charge < -0.3 is 10.6 Å². The Morgan fingerprint density at radius 2 is 1.53 bits per heavy atom. The monoisotopic (exact) mass is 351 g/mol. The molecule has 0 bridgehead atoms. The summed E-state index contributed by atoms with van der Waals surface area (Å²) in [5.41, 5.74) is 6.20. The zero-order valence-corrected chi connectivity index (χ0v) is 13.8. The van der Waals surface area contributed by atoms with Crippen LogP contribution in [0.3, 0.4) is 0 Å². The van der Waals surface area contributed by atoms with Crippen LogP contribution in [0.4, 0.5) is 0 Å². The van der Waals surface area contributed by atoms with Crippen LogP contribution in [0.5, 0.6) is 0 Å². The summed E-state index contributed by atoms with van der Waals surface area (Å²) >= 11 is 9.95. The van der Waals surface area contributed by atoms with Crippen LogP contribution in [0.1, 0.15) is 27.2 Å². The van der Waals surface area contributed by atoms with Gasteiger partial charge in [0, 0.05) is 30.2 Å². The molecule has 0 aliphatic rings. The van der Waals surface area contributed by atoms with E-state index in [1.54, 1.807) is 6.21 Å². The third-order valence-corrected chi connectivity index (χ3v) is 2.19. The van der Waals surface area contributed by atoms with Gasteiger partial charge in [0.15, 0.2) is 10.2 Å². The summed E-state index contributed by atoms with van der Waals surface area (Å²) < 4.78 is 0. The van der Waals surface area contributed by atoms with E-state index < -0.39 is 0 Å². The molecule has 0 aromatic carbocycles.